The van der Waals surface area contributed by atoms with Gasteiger partial charge in [-0.3, -0.25) is 9.59 Å². The van der Waals surface area contributed by atoms with Gasteiger partial charge in [0.25, 0.3) is 11.8 Å². The van der Waals surface area contributed by atoms with Crippen LogP contribution in [0, 0.1) is 37.5 Å². The van der Waals surface area contributed by atoms with Crippen molar-refractivity contribution in [2.75, 3.05) is 13.2 Å². The first-order chi connectivity index (χ1) is 27.5. The van der Waals surface area contributed by atoms with Crippen molar-refractivity contribution in [3.63, 3.8) is 0 Å². The number of carbonyl (C=O) groups excluding carboxylic acids is 2. The molecule has 2 amide bonds. The molecular formula is C40H36N8O10. The van der Waals surface area contributed by atoms with Crippen LogP contribution in [0.5, 0.6) is 11.5 Å². The van der Waals surface area contributed by atoms with Gasteiger partial charge in [0.1, 0.15) is 71.2 Å². The number of benzene rings is 2. The van der Waals surface area contributed by atoms with Gasteiger partial charge in [0, 0.05) is 23.3 Å². The van der Waals surface area contributed by atoms with E-state index in [0.717, 1.165) is 0 Å². The zero-order valence-corrected chi connectivity index (χ0v) is 31.4. The summed E-state index contributed by atoms with van der Waals surface area (Å²) in [6, 6.07) is 16.3. The van der Waals surface area contributed by atoms with Crippen molar-refractivity contribution in [1.82, 2.24) is 29.9 Å². The van der Waals surface area contributed by atoms with Crippen LogP contribution in [0.3, 0.4) is 0 Å². The van der Waals surface area contributed by atoms with E-state index in [9.17, 15) is 30.0 Å². The van der Waals surface area contributed by atoms with Gasteiger partial charge in [-0.1, -0.05) is 34.0 Å². The number of carbonyl (C=O) groups is 2. The number of aliphatic hydroxyl groups excluding tert-OH is 2. The summed E-state index contributed by atoms with van der Waals surface area (Å²) in [5.41, 5.74) is 11.2. The maximum absolute atomic E-state index is 11.5. The molecule has 2 aliphatic heterocycles. The summed E-state index contributed by atoms with van der Waals surface area (Å²) in [5, 5.41) is 57.7. The minimum atomic E-state index is -1.51. The molecule has 296 valence electrons. The lowest BCUT2D eigenvalue weighted by molar-refractivity contribution is 0.0986. The zero-order valence-electron chi connectivity index (χ0n) is 31.4. The monoisotopic (exact) mass is 788 g/mol. The summed E-state index contributed by atoms with van der Waals surface area (Å²) >= 11 is 0. The van der Waals surface area contributed by atoms with E-state index in [4.69, 9.17) is 30.0 Å². The van der Waals surface area contributed by atoms with Gasteiger partial charge in [0.2, 0.25) is 0 Å². The van der Waals surface area contributed by atoms with Crippen LogP contribution < -0.4 is 20.9 Å². The van der Waals surface area contributed by atoms with Crippen molar-refractivity contribution in [3.8, 4) is 46.6 Å². The summed E-state index contributed by atoms with van der Waals surface area (Å²) in [6.07, 6.45) is -1.96. The Labute approximate surface area is 329 Å². The van der Waals surface area contributed by atoms with Crippen LogP contribution in [0.4, 0.5) is 0 Å². The summed E-state index contributed by atoms with van der Waals surface area (Å²) in [5.74, 6) is 12.0. The molecule has 18 nitrogen and oxygen atoms in total. The first kappa shape index (κ1) is 39.0. The zero-order chi connectivity index (χ0) is 41.5. The van der Waals surface area contributed by atoms with Crippen LogP contribution in [0.2, 0.25) is 0 Å². The Hall–Kier alpha value is -7.22. The van der Waals surface area contributed by atoms with Crippen LogP contribution in [-0.4, -0.2) is 75.3 Å². The molecule has 6 heterocycles. The van der Waals surface area contributed by atoms with Gasteiger partial charge in [-0.05, 0) is 76.2 Å². The second-order valence-corrected chi connectivity index (χ2v) is 13.8. The number of ether oxygens (including phenoxy) is 2. The third-order valence-corrected chi connectivity index (χ3v) is 8.98. The van der Waals surface area contributed by atoms with Crippen LogP contribution in [0.25, 0.3) is 11.4 Å². The number of fused-ring (bicyclic) bond motifs is 6. The van der Waals surface area contributed by atoms with Gasteiger partial charge in [0.05, 0.1) is 11.4 Å². The van der Waals surface area contributed by atoms with Crippen LogP contribution in [0.15, 0.2) is 69.7 Å². The Morgan fingerprint density at radius 3 is 1.43 bits per heavy atom. The molecule has 0 aliphatic carbocycles. The second-order valence-electron chi connectivity index (χ2n) is 13.8. The standard InChI is InChI=1S/2C20H18N4O5/c2*1-11-7-18(23-29-11)20(2,27)6-5-12-3-4-17-15(8-12)24-14(16(25)10-28-17)9-13(22-24)19(21)26/h2*3-4,7-9,16,25,27H,10H2,1-2H3,(H2,21,26)/t16-,20+;16-,20-/m01/s1. The number of aryl methyl sites for hydroxylation is 2. The molecular weight excluding hydrogens is 752 g/mol. The van der Waals surface area contributed by atoms with E-state index in [2.05, 4.69) is 44.2 Å². The minimum absolute atomic E-state index is 0.00212. The highest BCUT2D eigenvalue weighted by molar-refractivity contribution is 5.91. The predicted octanol–water partition coefficient (Wildman–Crippen LogP) is 1.91. The van der Waals surface area contributed by atoms with E-state index in [1.165, 1.54) is 35.3 Å². The SMILES string of the molecule is Cc1cc([C@](C)(O)C#Cc2ccc3c(c2)-n2nc(C(N)=O)cc2[C@@H](O)CO3)no1.Cc1cc([C@](C)(O)C#Cc2ccc3c(c2)-n2nc(C(N)=O)cc2[C@H](O)CO3)no1. The van der Waals surface area contributed by atoms with Crippen LogP contribution >= 0.6 is 0 Å². The largest absolute Gasteiger partial charge is 0.488 e. The molecule has 0 spiro atoms. The van der Waals surface area contributed by atoms with Crippen molar-refractivity contribution in [2.24, 2.45) is 11.5 Å². The number of aliphatic hydroxyl groups is 4. The lowest BCUT2D eigenvalue weighted by atomic mass is 10.0. The quantitative estimate of drug-likeness (QED) is 0.139. The first-order valence-corrected chi connectivity index (χ1v) is 17.6. The summed E-state index contributed by atoms with van der Waals surface area (Å²) in [6.45, 7) is 6.49. The fourth-order valence-corrected chi connectivity index (χ4v) is 5.87. The Balaban J connectivity index is 0.000000177. The smallest absolute Gasteiger partial charge is 0.269 e. The Bertz CT molecular complexity index is 2510. The van der Waals surface area contributed by atoms with Crippen molar-refractivity contribution in [2.45, 2.75) is 51.1 Å². The number of nitrogens with two attached hydrogens (primary N) is 2. The first-order valence-electron chi connectivity index (χ1n) is 17.6. The lowest BCUT2D eigenvalue weighted by Crippen LogP contribution is -2.18. The minimum Gasteiger partial charge on any atom is -0.488 e. The van der Waals surface area contributed by atoms with Crippen molar-refractivity contribution in [3.05, 3.63) is 117 Å². The van der Waals surface area contributed by atoms with Crippen molar-refractivity contribution in [1.29, 1.82) is 0 Å². The van der Waals surface area contributed by atoms with E-state index >= 15 is 0 Å². The summed E-state index contributed by atoms with van der Waals surface area (Å²) in [7, 11) is 0. The number of aromatic nitrogens is 6. The highest BCUT2D eigenvalue weighted by atomic mass is 16.5. The lowest BCUT2D eigenvalue weighted by Gasteiger charge is -2.12. The van der Waals surface area contributed by atoms with Gasteiger partial charge < -0.3 is 50.4 Å². The third-order valence-electron chi connectivity index (χ3n) is 8.98. The Morgan fingerprint density at radius 2 is 1.09 bits per heavy atom. The molecule has 4 aromatic heterocycles. The van der Waals surface area contributed by atoms with Gasteiger partial charge in [0.15, 0.2) is 22.6 Å². The van der Waals surface area contributed by atoms with E-state index in [0.29, 0.717) is 68.3 Å². The molecule has 0 bridgehead atoms. The van der Waals surface area contributed by atoms with E-state index in [1.807, 2.05) is 0 Å². The number of primary amides is 2. The highest BCUT2D eigenvalue weighted by Crippen LogP contribution is 2.33. The molecule has 18 heteroatoms. The molecule has 4 atom stereocenters. The van der Waals surface area contributed by atoms with Crippen LogP contribution in [-0.2, 0) is 11.2 Å². The fourth-order valence-electron chi connectivity index (χ4n) is 5.87. The molecule has 0 radical (unpaired) electrons. The Kier molecular flexibility index (Phi) is 10.1. The number of nitrogens with zero attached hydrogens (tertiary/aromatic N) is 6. The molecule has 2 aromatic carbocycles. The molecule has 8 rings (SSSR count). The van der Waals surface area contributed by atoms with Gasteiger partial charge >= 0.3 is 0 Å². The average Bonchev–Trinajstić information content (AvgIpc) is 4.00. The van der Waals surface area contributed by atoms with Crippen molar-refractivity contribution < 1.29 is 48.5 Å². The number of hydrogen-bond donors (Lipinski definition) is 6. The molecule has 2 aliphatic rings. The molecule has 0 fully saturated rings. The van der Waals surface area contributed by atoms with Crippen LogP contribution in [0.1, 0.15) is 92.5 Å². The average molecular weight is 789 g/mol. The maximum Gasteiger partial charge on any atom is 0.269 e. The summed E-state index contributed by atoms with van der Waals surface area (Å²) < 4.78 is 24.1. The number of rotatable bonds is 4. The topological polar surface area (TPSA) is 273 Å². The molecule has 0 unspecified atom stereocenters. The highest BCUT2D eigenvalue weighted by Gasteiger charge is 2.29. The van der Waals surface area contributed by atoms with Crippen molar-refractivity contribution >= 4 is 11.8 Å². The normalized spacial score (nSPS) is 17.0. The predicted molar refractivity (Wildman–Crippen MR) is 200 cm³/mol. The molecule has 8 N–H and O–H groups in total. The fraction of sp³-hybridized carbons (Fsp3) is 0.250. The van der Waals surface area contributed by atoms with Gasteiger partial charge in [-0.25, -0.2) is 9.36 Å². The molecule has 58 heavy (non-hydrogen) atoms. The van der Waals surface area contributed by atoms with E-state index in [1.54, 1.807) is 62.4 Å². The molecule has 6 aromatic rings. The van der Waals surface area contributed by atoms with E-state index < -0.39 is 35.2 Å². The maximum atomic E-state index is 11.5. The molecule has 0 saturated carbocycles. The number of amides is 2. The van der Waals surface area contributed by atoms with Gasteiger partial charge in [-0.15, -0.1) is 0 Å². The summed E-state index contributed by atoms with van der Waals surface area (Å²) in [4.78, 5) is 23.0. The number of hydrogen-bond acceptors (Lipinski definition) is 14. The second kappa shape index (κ2) is 15.0. The van der Waals surface area contributed by atoms with Gasteiger partial charge in [-0.2, -0.15) is 10.2 Å². The molecule has 0 saturated heterocycles. The Morgan fingerprint density at radius 1 is 0.690 bits per heavy atom. The van der Waals surface area contributed by atoms with E-state index in [-0.39, 0.29) is 24.6 Å². The third kappa shape index (κ3) is 7.89.